The van der Waals surface area contributed by atoms with Crippen LogP contribution in [-0.4, -0.2) is 56.5 Å². The second-order valence-electron chi connectivity index (χ2n) is 3.47. The molecule has 0 saturated carbocycles. The molecule has 0 aromatic heterocycles. The molecule has 7 heteroatoms. The number of aliphatic hydroxyl groups excluding tert-OH is 3. The molecule has 1 unspecified atom stereocenters. The zero-order valence-electron chi connectivity index (χ0n) is 7.49. The molecule has 1 aliphatic rings. The molecule has 1 heterocycles. The molecule has 0 aliphatic carbocycles. The van der Waals surface area contributed by atoms with Gasteiger partial charge < -0.3 is 30.9 Å². The lowest BCUT2D eigenvalue weighted by atomic mass is 9.85. The SMILES string of the molecule is C[C@]1(O)[C@@H](C(N)=O)OC(O)[C@H](O)[C@H]1O. The van der Waals surface area contributed by atoms with Crippen molar-refractivity contribution < 1.29 is 30.0 Å². The lowest BCUT2D eigenvalue weighted by Gasteiger charge is -2.43. The van der Waals surface area contributed by atoms with Gasteiger partial charge in [-0.1, -0.05) is 0 Å². The van der Waals surface area contributed by atoms with Crippen LogP contribution >= 0.6 is 0 Å². The first kappa shape index (κ1) is 11.3. The van der Waals surface area contributed by atoms with Crippen molar-refractivity contribution in [3.05, 3.63) is 0 Å². The number of nitrogens with two attached hydrogens (primary N) is 1. The van der Waals surface area contributed by atoms with E-state index in [9.17, 15) is 15.0 Å². The summed E-state index contributed by atoms with van der Waals surface area (Å²) in [4.78, 5) is 10.8. The third-order valence-corrected chi connectivity index (χ3v) is 2.28. The molecule has 0 aromatic rings. The zero-order chi connectivity index (χ0) is 11.1. The molecule has 5 atom stereocenters. The van der Waals surface area contributed by atoms with E-state index in [0.29, 0.717) is 0 Å². The third kappa shape index (κ3) is 1.60. The minimum Gasteiger partial charge on any atom is -0.387 e. The van der Waals surface area contributed by atoms with Crippen molar-refractivity contribution in [1.29, 1.82) is 0 Å². The average Bonchev–Trinajstić information content (AvgIpc) is 2.08. The maximum absolute atomic E-state index is 10.8. The van der Waals surface area contributed by atoms with E-state index in [1.54, 1.807) is 0 Å². The Kier molecular flexibility index (Phi) is 2.79. The number of amides is 1. The largest absolute Gasteiger partial charge is 0.387 e. The Morgan fingerprint density at radius 3 is 2.36 bits per heavy atom. The van der Waals surface area contributed by atoms with Crippen LogP contribution in [0.5, 0.6) is 0 Å². The normalized spacial score (nSPS) is 48.9. The van der Waals surface area contributed by atoms with Crippen LogP contribution in [0.15, 0.2) is 0 Å². The molecule has 6 N–H and O–H groups in total. The van der Waals surface area contributed by atoms with Crippen molar-refractivity contribution in [1.82, 2.24) is 0 Å². The van der Waals surface area contributed by atoms with Gasteiger partial charge >= 0.3 is 0 Å². The van der Waals surface area contributed by atoms with Gasteiger partial charge in [0.1, 0.15) is 17.8 Å². The van der Waals surface area contributed by atoms with Gasteiger partial charge in [-0.05, 0) is 6.92 Å². The highest BCUT2D eigenvalue weighted by atomic mass is 16.6. The zero-order valence-corrected chi connectivity index (χ0v) is 7.49. The standard InChI is InChI=1S/C7H13NO6/c1-7(13)3(10)2(9)6(12)14-4(7)5(8)11/h2-4,6,9-10,12-13H,1H3,(H2,8,11)/t2-,3-,4-,6?,7-/m1/s1. The Bertz CT molecular complexity index is 242. The number of rotatable bonds is 1. The molecule has 0 aromatic carbocycles. The summed E-state index contributed by atoms with van der Waals surface area (Å²) in [6, 6.07) is 0. The van der Waals surface area contributed by atoms with Gasteiger partial charge in [-0.2, -0.15) is 0 Å². The number of carbonyl (C=O) groups excluding carboxylic acids is 1. The van der Waals surface area contributed by atoms with Crippen molar-refractivity contribution in [2.45, 2.75) is 37.1 Å². The number of hydrogen-bond donors (Lipinski definition) is 5. The fraction of sp³-hybridized carbons (Fsp3) is 0.857. The molecule has 0 radical (unpaired) electrons. The van der Waals surface area contributed by atoms with Gasteiger partial charge in [-0.15, -0.1) is 0 Å². The van der Waals surface area contributed by atoms with E-state index in [2.05, 4.69) is 4.74 Å². The molecule has 1 aliphatic heterocycles. The number of ether oxygens (including phenoxy) is 1. The molecule has 1 rings (SSSR count). The summed E-state index contributed by atoms with van der Waals surface area (Å²) in [5.41, 5.74) is 2.86. The van der Waals surface area contributed by atoms with Crippen LogP contribution in [0.2, 0.25) is 0 Å². The first-order valence-electron chi connectivity index (χ1n) is 4.00. The Morgan fingerprint density at radius 2 is 1.93 bits per heavy atom. The van der Waals surface area contributed by atoms with Crippen LogP contribution in [0.4, 0.5) is 0 Å². The van der Waals surface area contributed by atoms with E-state index in [1.807, 2.05) is 0 Å². The molecule has 14 heavy (non-hydrogen) atoms. The highest BCUT2D eigenvalue weighted by Crippen LogP contribution is 2.28. The summed E-state index contributed by atoms with van der Waals surface area (Å²) in [5.74, 6) is -1.03. The quantitative estimate of drug-likeness (QED) is 0.305. The Hall–Kier alpha value is -0.730. The number of aliphatic hydroxyl groups is 4. The minimum absolute atomic E-state index is 1.03. The van der Waals surface area contributed by atoms with Crippen LogP contribution in [0.25, 0.3) is 0 Å². The molecule has 7 nitrogen and oxygen atoms in total. The Balaban J connectivity index is 2.95. The first-order chi connectivity index (χ1) is 6.28. The summed E-state index contributed by atoms with van der Waals surface area (Å²) < 4.78 is 4.57. The van der Waals surface area contributed by atoms with E-state index in [4.69, 9.17) is 15.9 Å². The van der Waals surface area contributed by atoms with Gasteiger partial charge in [0.2, 0.25) is 5.91 Å². The van der Waals surface area contributed by atoms with Gasteiger partial charge in [0.15, 0.2) is 12.4 Å². The topological polar surface area (TPSA) is 133 Å². The van der Waals surface area contributed by atoms with Crippen LogP contribution in [0, 0.1) is 0 Å². The van der Waals surface area contributed by atoms with E-state index in [0.717, 1.165) is 6.92 Å². The first-order valence-corrected chi connectivity index (χ1v) is 4.00. The Labute approximate surface area is 79.7 Å². The summed E-state index contributed by atoms with van der Waals surface area (Å²) in [7, 11) is 0. The monoisotopic (exact) mass is 207 g/mol. The van der Waals surface area contributed by atoms with Crippen LogP contribution in [-0.2, 0) is 9.53 Å². The summed E-state index contributed by atoms with van der Waals surface area (Å²) in [6.45, 7) is 1.09. The van der Waals surface area contributed by atoms with Crippen molar-refractivity contribution in [2.24, 2.45) is 5.73 Å². The maximum Gasteiger partial charge on any atom is 0.249 e. The highest BCUT2D eigenvalue weighted by molar-refractivity contribution is 5.80. The maximum atomic E-state index is 10.8. The second kappa shape index (κ2) is 3.44. The highest BCUT2D eigenvalue weighted by Gasteiger charge is 2.53. The van der Waals surface area contributed by atoms with E-state index in [1.165, 1.54) is 0 Å². The summed E-state index contributed by atoms with van der Waals surface area (Å²) in [6.07, 6.45) is -6.69. The summed E-state index contributed by atoms with van der Waals surface area (Å²) >= 11 is 0. The summed E-state index contributed by atoms with van der Waals surface area (Å²) in [5, 5.41) is 37.2. The lowest BCUT2D eigenvalue weighted by Crippen LogP contribution is -2.67. The van der Waals surface area contributed by atoms with E-state index in [-0.39, 0.29) is 0 Å². The predicted octanol–water partition coefficient (Wildman–Crippen LogP) is -3.34. The third-order valence-electron chi connectivity index (χ3n) is 2.28. The van der Waals surface area contributed by atoms with E-state index >= 15 is 0 Å². The van der Waals surface area contributed by atoms with Gasteiger partial charge in [0.25, 0.3) is 0 Å². The molecule has 82 valence electrons. The Morgan fingerprint density at radius 1 is 1.43 bits per heavy atom. The van der Waals surface area contributed by atoms with Crippen LogP contribution < -0.4 is 5.73 Å². The second-order valence-corrected chi connectivity index (χ2v) is 3.47. The smallest absolute Gasteiger partial charge is 0.249 e. The van der Waals surface area contributed by atoms with Crippen molar-refractivity contribution in [3.63, 3.8) is 0 Å². The molecule has 1 amide bonds. The van der Waals surface area contributed by atoms with Crippen LogP contribution in [0.3, 0.4) is 0 Å². The fourth-order valence-corrected chi connectivity index (χ4v) is 1.37. The van der Waals surface area contributed by atoms with Crippen molar-refractivity contribution >= 4 is 5.91 Å². The average molecular weight is 207 g/mol. The van der Waals surface area contributed by atoms with Gasteiger partial charge in [0.05, 0.1) is 0 Å². The lowest BCUT2D eigenvalue weighted by molar-refractivity contribution is -0.303. The predicted molar refractivity (Wildman–Crippen MR) is 42.7 cm³/mol. The molecule has 1 fully saturated rings. The molecule has 0 spiro atoms. The van der Waals surface area contributed by atoms with Gasteiger partial charge in [-0.3, -0.25) is 4.79 Å². The van der Waals surface area contributed by atoms with Crippen LogP contribution in [0.1, 0.15) is 6.92 Å². The fourth-order valence-electron chi connectivity index (χ4n) is 1.37. The molecular formula is C7H13NO6. The van der Waals surface area contributed by atoms with Crippen molar-refractivity contribution in [3.8, 4) is 0 Å². The molecular weight excluding hydrogens is 194 g/mol. The number of hydrogen-bond acceptors (Lipinski definition) is 6. The molecule has 1 saturated heterocycles. The van der Waals surface area contributed by atoms with Gasteiger partial charge in [0, 0.05) is 0 Å². The molecule has 0 bridgehead atoms. The van der Waals surface area contributed by atoms with Gasteiger partial charge in [-0.25, -0.2) is 0 Å². The number of primary amides is 1. The van der Waals surface area contributed by atoms with E-state index < -0.39 is 36.1 Å². The minimum atomic E-state index is -2.02. The number of carbonyl (C=O) groups is 1. The van der Waals surface area contributed by atoms with Crippen molar-refractivity contribution in [2.75, 3.05) is 0 Å².